The summed E-state index contributed by atoms with van der Waals surface area (Å²) in [6, 6.07) is 38.9. The SMILES string of the molecule is CCn1nc(C)c(Cl)c1/C(OC(C)OC(=O)OCC(=O)OC)=C(\C#N)c1ccc(C(C)(C)C)cc1.CCn1nc(C)c(Cl)c1/C(OC(C)OC(=O)OCC(F)(F)F)=C(\C#N)c1ccc(C(C)(C)C)cc1.CCn1nc(C)c(Cl)c1/C(OC(C)OC(=O)OCCOC)=C(\C#N)c1ccc(C(C)(C)C)cc1.CCn1nc(C)c(Cl)c1/C(OC(C)OC(=O)OCCSC)=C(\C#N)c1ccc(C(C)(C)C)cc1. The van der Waals surface area contributed by atoms with Crippen LogP contribution in [-0.4, -0.2) is 160 Å². The normalized spacial score (nSPS) is 13.1. The number of alkyl halides is 3. The van der Waals surface area contributed by atoms with E-state index in [2.05, 4.69) is 137 Å². The lowest BCUT2D eigenvalue weighted by molar-refractivity contribution is -0.171. The molecule has 0 aliphatic rings. The van der Waals surface area contributed by atoms with Gasteiger partial charge in [-0.25, -0.2) is 24.0 Å². The molecule has 0 aliphatic carbocycles. The molecule has 0 saturated carbocycles. The number of carbonyl (C=O) groups is 5. The quantitative estimate of drug-likeness (QED) is 0.00920. The Morgan fingerprint density at radius 3 is 0.812 bits per heavy atom. The minimum atomic E-state index is -4.71. The van der Waals surface area contributed by atoms with Crippen LogP contribution in [0.15, 0.2) is 97.1 Å². The Hall–Kier alpha value is -12.4. The van der Waals surface area contributed by atoms with Crippen LogP contribution in [0.5, 0.6) is 0 Å². The predicted octanol–water partition coefficient (Wildman–Crippen LogP) is 24.0. The average molecular weight is 2010 g/mol. The molecule has 8 aromatic rings. The standard InChI is InChI=1S/C25H30ClN3O6.C25H32ClN3O5.C25H32ClN3O4S.C24H27ClF3N3O4/c1-8-29-22(21(26)15(2)28-29)23(34-16(3)35-24(31)33-14-20(30)32-7)19(13-27)17-9-11-18(12-10-17)25(4,5)6;1-8-29-22(21(26)16(2)28-29)23(33-17(3)34-24(30)32-14-13-31-7)20(15-27)18-9-11-19(12-10-18)25(4,5)6;1-8-29-22(21(26)16(2)28-29)23(32-17(3)33-24(30)31-13-14-34-7)20(15-27)18-9-11-19(12-10-18)25(4,5)6;1-7-31-20(19(25)14(2)30-31)21(34-15(3)35-22(32)33-13-24(26,27)28)18(12-29)16-8-10-17(11-9-16)23(4,5)6/h9-12,16H,8,14H2,1-7H3;2*9-12,17H,8,13-14H2,1-7H3;8-11,15H,7,13H2,1-6H3/b23-19-;2*23-20-;21-18-. The van der Waals surface area contributed by atoms with Crippen molar-refractivity contribution < 1.29 is 103 Å². The molecule has 4 aromatic carbocycles. The fourth-order valence-electron chi connectivity index (χ4n) is 12.7. The number of allylic oxidation sites excluding steroid dienone is 4. The molecule has 138 heavy (non-hydrogen) atoms. The van der Waals surface area contributed by atoms with Gasteiger partial charge in [0.05, 0.1) is 56.6 Å². The molecule has 31 nitrogen and oxygen atoms in total. The second kappa shape index (κ2) is 53.0. The van der Waals surface area contributed by atoms with Gasteiger partial charge in [0.2, 0.25) is 25.2 Å². The molecule has 4 heterocycles. The third kappa shape index (κ3) is 33.8. The van der Waals surface area contributed by atoms with E-state index >= 15 is 0 Å². The van der Waals surface area contributed by atoms with Crippen LogP contribution in [0, 0.1) is 73.0 Å². The highest BCUT2D eigenvalue weighted by Crippen LogP contribution is 2.42. The van der Waals surface area contributed by atoms with Crippen molar-refractivity contribution in [3.63, 3.8) is 0 Å². The van der Waals surface area contributed by atoms with Crippen molar-refractivity contribution in [2.24, 2.45) is 0 Å². The number of esters is 1. The number of halogens is 7. The predicted molar refractivity (Wildman–Crippen MR) is 521 cm³/mol. The zero-order valence-electron chi connectivity index (χ0n) is 82.8. The number of ether oxygens (including phenoxy) is 14. The number of nitrogens with zero attached hydrogens (tertiary/aromatic N) is 12. The third-order valence-electron chi connectivity index (χ3n) is 19.9. The van der Waals surface area contributed by atoms with Gasteiger partial charge in [0.25, 0.3) is 0 Å². The second-order valence-corrected chi connectivity index (χ2v) is 37.0. The molecule has 0 radical (unpaired) electrons. The van der Waals surface area contributed by atoms with E-state index in [-0.39, 0.29) is 97.5 Å². The van der Waals surface area contributed by atoms with Crippen molar-refractivity contribution in [2.75, 3.05) is 59.3 Å². The Labute approximate surface area is 828 Å². The zero-order valence-corrected chi connectivity index (χ0v) is 86.6. The second-order valence-electron chi connectivity index (χ2n) is 34.5. The molecule has 4 atom stereocenters. The minimum Gasteiger partial charge on any atom is -0.466 e. The van der Waals surface area contributed by atoms with Gasteiger partial charge in [0.15, 0.2) is 36.3 Å². The molecule has 0 amide bonds. The molecule has 0 aliphatic heterocycles. The molecular weight excluding hydrogens is 1890 g/mol. The van der Waals surface area contributed by atoms with Crippen LogP contribution < -0.4 is 0 Å². The molecule has 8 rings (SSSR count). The largest absolute Gasteiger partial charge is 0.511 e. The summed E-state index contributed by atoms with van der Waals surface area (Å²) in [5.41, 5.74) is 11.0. The summed E-state index contributed by atoms with van der Waals surface area (Å²) < 4.78 is 116. The van der Waals surface area contributed by atoms with Gasteiger partial charge >= 0.3 is 36.8 Å². The van der Waals surface area contributed by atoms with E-state index in [1.54, 1.807) is 72.6 Å². The minimum absolute atomic E-state index is 0.0331. The van der Waals surface area contributed by atoms with Gasteiger partial charge in [0, 0.05) is 66.7 Å². The van der Waals surface area contributed by atoms with Crippen LogP contribution in [-0.2, 0) is 119 Å². The van der Waals surface area contributed by atoms with Crippen LogP contribution >= 0.6 is 58.2 Å². The summed E-state index contributed by atoms with van der Waals surface area (Å²) >= 11 is 27.8. The van der Waals surface area contributed by atoms with E-state index in [9.17, 15) is 58.2 Å². The molecular formula is C99H121Cl4F3N12O19S. The van der Waals surface area contributed by atoms with Crippen LogP contribution in [0.3, 0.4) is 0 Å². The number of hydrogen-bond acceptors (Lipinski definition) is 28. The van der Waals surface area contributed by atoms with Crippen LogP contribution in [0.25, 0.3) is 45.3 Å². The maximum Gasteiger partial charge on any atom is 0.511 e. The van der Waals surface area contributed by atoms with E-state index in [1.165, 1.54) is 39.7 Å². The Kier molecular flexibility index (Phi) is 44.6. The molecule has 0 saturated heterocycles. The van der Waals surface area contributed by atoms with Gasteiger partial charge in [-0.05, 0) is 128 Å². The molecule has 0 bridgehead atoms. The molecule has 746 valence electrons. The highest BCUT2D eigenvalue weighted by Gasteiger charge is 2.35. The summed E-state index contributed by atoms with van der Waals surface area (Å²) in [5, 5.41) is 59.3. The first-order chi connectivity index (χ1) is 64.6. The number of benzene rings is 4. The first kappa shape index (κ1) is 116. The van der Waals surface area contributed by atoms with Crippen LogP contribution in [0.1, 0.15) is 229 Å². The van der Waals surface area contributed by atoms with E-state index < -0.39 is 75.1 Å². The molecule has 0 N–H and O–H groups in total. The highest BCUT2D eigenvalue weighted by molar-refractivity contribution is 7.98. The number of hydrogen-bond donors (Lipinski definition) is 0. The monoisotopic (exact) mass is 2010 g/mol. The number of nitriles is 4. The van der Waals surface area contributed by atoms with Crippen molar-refractivity contribution in [2.45, 2.75) is 245 Å². The van der Waals surface area contributed by atoms with Gasteiger partial charge in [-0.2, -0.15) is 66.4 Å². The maximum atomic E-state index is 12.3. The summed E-state index contributed by atoms with van der Waals surface area (Å²) in [5.74, 6) is 0.314. The molecule has 0 fully saturated rings. The number of rotatable bonds is 33. The topological polar surface area (TPSA) is 381 Å². The van der Waals surface area contributed by atoms with E-state index in [0.29, 0.717) is 109 Å². The molecule has 4 aromatic heterocycles. The summed E-state index contributed by atoms with van der Waals surface area (Å²) in [6.45, 7) is 45.4. The van der Waals surface area contributed by atoms with E-state index in [0.717, 1.165) is 22.3 Å². The Bertz CT molecular complexity index is 5640. The Balaban J connectivity index is 0.000000325. The third-order valence-corrected chi connectivity index (χ3v) is 22.3. The summed E-state index contributed by atoms with van der Waals surface area (Å²) in [7, 11) is 2.66. The number of methoxy groups -OCH3 is 2. The van der Waals surface area contributed by atoms with E-state index in [1.807, 2.05) is 119 Å². The molecule has 39 heteroatoms. The Morgan fingerprint density at radius 2 is 0.609 bits per heavy atom. The highest BCUT2D eigenvalue weighted by atomic mass is 35.5. The van der Waals surface area contributed by atoms with Crippen molar-refractivity contribution in [3.05, 3.63) is 207 Å². The van der Waals surface area contributed by atoms with E-state index in [4.69, 9.17) is 103 Å². The zero-order chi connectivity index (χ0) is 104. The fourth-order valence-corrected chi connectivity index (χ4v) is 13.8. The van der Waals surface area contributed by atoms with Crippen LogP contribution in [0.2, 0.25) is 20.1 Å². The van der Waals surface area contributed by atoms with Gasteiger partial charge in [-0.1, -0.05) is 227 Å². The lowest BCUT2D eigenvalue weighted by Crippen LogP contribution is -2.24. The summed E-state index contributed by atoms with van der Waals surface area (Å²) in [4.78, 5) is 58.9. The lowest BCUT2D eigenvalue weighted by atomic mass is 9.86. The van der Waals surface area contributed by atoms with Crippen LogP contribution in [0.4, 0.5) is 32.3 Å². The Morgan fingerprint density at radius 1 is 0.377 bits per heavy atom. The fraction of sp³-hybridized carbons (Fsp3) is 0.465. The number of carbonyl (C=O) groups excluding carboxylic acids is 5. The van der Waals surface area contributed by atoms with Crippen molar-refractivity contribution in [1.29, 1.82) is 21.0 Å². The van der Waals surface area contributed by atoms with Gasteiger partial charge in [-0.3, -0.25) is 18.7 Å². The number of aromatic nitrogens is 8. The van der Waals surface area contributed by atoms with Crippen molar-refractivity contribution in [3.8, 4) is 24.3 Å². The number of aryl methyl sites for hydroxylation is 8. The van der Waals surface area contributed by atoms with Gasteiger partial charge < -0.3 is 66.3 Å². The smallest absolute Gasteiger partial charge is 0.466 e. The average Bonchev–Trinajstić information content (AvgIpc) is 1.64. The van der Waals surface area contributed by atoms with Crippen molar-refractivity contribution >= 4 is 134 Å². The number of thioether (sulfide) groups is 1. The first-order valence-corrected chi connectivity index (χ1v) is 46.6. The molecule has 4 unspecified atom stereocenters. The molecule has 0 spiro atoms. The van der Waals surface area contributed by atoms with Crippen molar-refractivity contribution in [1.82, 2.24) is 39.1 Å². The summed E-state index contributed by atoms with van der Waals surface area (Å²) in [6.07, 6.45) is -12.0. The maximum absolute atomic E-state index is 12.3. The first-order valence-electron chi connectivity index (χ1n) is 43.7. The van der Waals surface area contributed by atoms with Gasteiger partial charge in [-0.15, -0.1) is 0 Å². The van der Waals surface area contributed by atoms with Gasteiger partial charge in [0.1, 0.15) is 82.6 Å². The lowest BCUT2D eigenvalue weighted by Gasteiger charge is -2.21.